The van der Waals surface area contributed by atoms with Crippen LogP contribution >= 0.6 is 34.8 Å². The molecule has 0 aliphatic heterocycles. The van der Waals surface area contributed by atoms with E-state index < -0.39 is 5.38 Å². The molecule has 0 saturated carbocycles. The Kier molecular flexibility index (Phi) is 4.39. The maximum absolute atomic E-state index is 13.6. The molecule has 100 valence electrons. The first-order valence-electron chi connectivity index (χ1n) is 5.76. The maximum atomic E-state index is 13.6. The monoisotopic (exact) mass is 316 g/mol. The molecule has 1 unspecified atom stereocenters. The van der Waals surface area contributed by atoms with Gasteiger partial charge in [0.05, 0.1) is 5.38 Å². The summed E-state index contributed by atoms with van der Waals surface area (Å²) in [7, 11) is 0. The molecule has 0 aromatic heterocycles. The van der Waals surface area contributed by atoms with Crippen LogP contribution in [0, 0.1) is 19.7 Å². The minimum atomic E-state index is -0.501. The van der Waals surface area contributed by atoms with E-state index in [1.807, 2.05) is 0 Å². The number of halogens is 4. The minimum absolute atomic E-state index is 0.210. The molecule has 0 aliphatic carbocycles. The number of hydrogen-bond donors (Lipinski definition) is 0. The lowest BCUT2D eigenvalue weighted by atomic mass is 9.99. The molecule has 2 aromatic rings. The van der Waals surface area contributed by atoms with Gasteiger partial charge in [-0.3, -0.25) is 0 Å². The van der Waals surface area contributed by atoms with E-state index in [2.05, 4.69) is 0 Å². The molecule has 2 rings (SSSR count). The number of hydrogen-bond acceptors (Lipinski definition) is 0. The molecule has 0 spiro atoms. The Bertz CT molecular complexity index is 580. The Morgan fingerprint density at radius 1 is 1.00 bits per heavy atom. The molecule has 0 radical (unpaired) electrons. The Balaban J connectivity index is 2.53. The van der Waals surface area contributed by atoms with Gasteiger partial charge in [-0.2, -0.15) is 0 Å². The summed E-state index contributed by atoms with van der Waals surface area (Å²) in [5, 5.41) is 0.512. The number of benzene rings is 2. The van der Waals surface area contributed by atoms with Gasteiger partial charge in [0.25, 0.3) is 0 Å². The van der Waals surface area contributed by atoms with Crippen molar-refractivity contribution in [1.29, 1.82) is 0 Å². The van der Waals surface area contributed by atoms with Crippen LogP contribution in [0.4, 0.5) is 4.39 Å². The standard InChI is InChI=1S/C15H12Cl3F/c1-8-6-10(7-9(2)15(8)19)14(18)13-11(16)4-3-5-12(13)17/h3-7,14H,1-2H3. The molecule has 0 bridgehead atoms. The highest BCUT2D eigenvalue weighted by molar-refractivity contribution is 6.38. The molecule has 19 heavy (non-hydrogen) atoms. The van der Waals surface area contributed by atoms with Gasteiger partial charge in [0.15, 0.2) is 0 Å². The molecule has 0 nitrogen and oxygen atoms in total. The van der Waals surface area contributed by atoms with Crippen molar-refractivity contribution in [3.63, 3.8) is 0 Å². The van der Waals surface area contributed by atoms with Crippen molar-refractivity contribution >= 4 is 34.8 Å². The van der Waals surface area contributed by atoms with Crippen LogP contribution in [0.25, 0.3) is 0 Å². The smallest absolute Gasteiger partial charge is 0.129 e. The highest BCUT2D eigenvalue weighted by Gasteiger charge is 2.19. The normalized spacial score (nSPS) is 12.5. The molecule has 0 fully saturated rings. The zero-order valence-electron chi connectivity index (χ0n) is 10.5. The lowest BCUT2D eigenvalue weighted by Crippen LogP contribution is -1.99. The minimum Gasteiger partial charge on any atom is -0.206 e. The third-order valence-electron chi connectivity index (χ3n) is 3.00. The predicted molar refractivity (Wildman–Crippen MR) is 80.0 cm³/mol. The van der Waals surface area contributed by atoms with E-state index >= 15 is 0 Å². The lowest BCUT2D eigenvalue weighted by molar-refractivity contribution is 0.608. The van der Waals surface area contributed by atoms with Gasteiger partial charge in [-0.15, -0.1) is 11.6 Å². The fourth-order valence-electron chi connectivity index (χ4n) is 2.05. The summed E-state index contributed by atoms with van der Waals surface area (Å²) in [5.74, 6) is -0.210. The van der Waals surface area contributed by atoms with E-state index in [1.54, 1.807) is 44.2 Å². The first kappa shape index (κ1) is 14.6. The van der Waals surface area contributed by atoms with Crippen molar-refractivity contribution in [1.82, 2.24) is 0 Å². The maximum Gasteiger partial charge on any atom is 0.129 e. The molecular formula is C15H12Cl3F. The summed E-state index contributed by atoms with van der Waals surface area (Å²) in [6, 6.07) is 8.68. The van der Waals surface area contributed by atoms with Crippen LogP contribution in [0.15, 0.2) is 30.3 Å². The van der Waals surface area contributed by atoms with Crippen molar-refractivity contribution in [2.24, 2.45) is 0 Å². The second-order valence-corrected chi connectivity index (χ2v) is 5.72. The van der Waals surface area contributed by atoms with Gasteiger partial charge in [-0.05, 0) is 42.7 Å². The zero-order valence-corrected chi connectivity index (χ0v) is 12.7. The predicted octanol–water partition coefficient (Wildman–Crippen LogP) is 6.08. The highest BCUT2D eigenvalue weighted by Crippen LogP contribution is 2.39. The molecule has 0 saturated heterocycles. The van der Waals surface area contributed by atoms with Crippen LogP contribution < -0.4 is 0 Å². The van der Waals surface area contributed by atoms with E-state index in [9.17, 15) is 4.39 Å². The zero-order chi connectivity index (χ0) is 14.2. The van der Waals surface area contributed by atoms with E-state index in [4.69, 9.17) is 34.8 Å². The van der Waals surface area contributed by atoms with Gasteiger partial charge < -0.3 is 0 Å². The summed E-state index contributed by atoms with van der Waals surface area (Å²) < 4.78 is 13.6. The Morgan fingerprint density at radius 3 is 1.95 bits per heavy atom. The van der Waals surface area contributed by atoms with E-state index in [-0.39, 0.29) is 5.82 Å². The van der Waals surface area contributed by atoms with E-state index in [0.29, 0.717) is 26.7 Å². The SMILES string of the molecule is Cc1cc(C(Cl)c2c(Cl)cccc2Cl)cc(C)c1F. The van der Waals surface area contributed by atoms with Crippen molar-refractivity contribution in [3.8, 4) is 0 Å². The van der Waals surface area contributed by atoms with Crippen LogP contribution in [0.2, 0.25) is 10.0 Å². The second kappa shape index (κ2) is 5.70. The van der Waals surface area contributed by atoms with Gasteiger partial charge in [0.2, 0.25) is 0 Å². The van der Waals surface area contributed by atoms with Crippen LogP contribution in [-0.4, -0.2) is 0 Å². The third kappa shape index (κ3) is 2.89. The molecule has 0 aliphatic rings. The first-order valence-corrected chi connectivity index (χ1v) is 6.95. The molecule has 1 atom stereocenters. The Morgan fingerprint density at radius 2 is 1.47 bits per heavy atom. The number of rotatable bonds is 2. The largest absolute Gasteiger partial charge is 0.206 e. The van der Waals surface area contributed by atoms with Crippen LogP contribution in [0.1, 0.15) is 27.6 Å². The average molecular weight is 318 g/mol. The average Bonchev–Trinajstić information content (AvgIpc) is 2.35. The van der Waals surface area contributed by atoms with Gasteiger partial charge in [0.1, 0.15) is 5.82 Å². The Hall–Kier alpha value is -0.760. The van der Waals surface area contributed by atoms with Gasteiger partial charge in [-0.1, -0.05) is 41.4 Å². The molecule has 0 heterocycles. The fourth-order valence-corrected chi connectivity index (χ4v) is 3.13. The topological polar surface area (TPSA) is 0 Å². The summed E-state index contributed by atoms with van der Waals surface area (Å²) in [4.78, 5) is 0. The number of aryl methyl sites for hydroxylation is 2. The molecule has 2 aromatic carbocycles. The first-order chi connectivity index (χ1) is 8.91. The van der Waals surface area contributed by atoms with Crippen molar-refractivity contribution in [2.75, 3.05) is 0 Å². The van der Waals surface area contributed by atoms with Crippen LogP contribution in [0.5, 0.6) is 0 Å². The van der Waals surface area contributed by atoms with Crippen molar-refractivity contribution < 1.29 is 4.39 Å². The van der Waals surface area contributed by atoms with Gasteiger partial charge in [0, 0.05) is 15.6 Å². The molecule has 0 N–H and O–H groups in total. The summed E-state index contributed by atoms with van der Waals surface area (Å²) in [6.07, 6.45) is 0. The summed E-state index contributed by atoms with van der Waals surface area (Å²) in [5.41, 5.74) is 2.55. The van der Waals surface area contributed by atoms with Gasteiger partial charge in [-0.25, -0.2) is 4.39 Å². The highest BCUT2D eigenvalue weighted by atomic mass is 35.5. The lowest BCUT2D eigenvalue weighted by Gasteiger charge is -2.15. The summed E-state index contributed by atoms with van der Waals surface area (Å²) >= 11 is 18.7. The fraction of sp³-hybridized carbons (Fsp3) is 0.200. The van der Waals surface area contributed by atoms with Crippen LogP contribution in [-0.2, 0) is 0 Å². The second-order valence-electron chi connectivity index (χ2n) is 4.47. The molecule has 4 heteroatoms. The van der Waals surface area contributed by atoms with Crippen LogP contribution in [0.3, 0.4) is 0 Å². The quantitative estimate of drug-likeness (QED) is 0.589. The van der Waals surface area contributed by atoms with Crippen molar-refractivity contribution in [3.05, 3.63) is 68.4 Å². The van der Waals surface area contributed by atoms with E-state index in [0.717, 1.165) is 5.56 Å². The summed E-state index contributed by atoms with van der Waals surface area (Å²) in [6.45, 7) is 3.42. The van der Waals surface area contributed by atoms with Crippen molar-refractivity contribution in [2.45, 2.75) is 19.2 Å². The Labute approximate surface area is 127 Å². The molecule has 0 amide bonds. The van der Waals surface area contributed by atoms with Gasteiger partial charge >= 0.3 is 0 Å². The molecular weight excluding hydrogens is 306 g/mol. The van der Waals surface area contributed by atoms with E-state index in [1.165, 1.54) is 0 Å². The third-order valence-corrected chi connectivity index (χ3v) is 4.13. The number of alkyl halides is 1.